The molecule has 12 heterocycles. The van der Waals surface area contributed by atoms with E-state index in [2.05, 4.69) is 31.8 Å². The van der Waals surface area contributed by atoms with Crippen molar-refractivity contribution < 1.29 is 90.2 Å². The molecule has 0 fully saturated rings. The zero-order chi connectivity index (χ0) is 90.8. The van der Waals surface area contributed by atoms with E-state index in [-0.39, 0.29) is 58.6 Å². The summed E-state index contributed by atoms with van der Waals surface area (Å²) < 4.78 is 53.8. The van der Waals surface area contributed by atoms with Gasteiger partial charge in [-0.05, 0) is 215 Å². The maximum Gasteiger partial charge on any atom is 0.337 e. The lowest BCUT2D eigenvalue weighted by Crippen LogP contribution is -2.01. The van der Waals surface area contributed by atoms with Crippen LogP contribution in [0.1, 0.15) is 128 Å². The molecule has 16 aromatic rings. The minimum Gasteiger partial charge on any atom is -0.465 e. The van der Waals surface area contributed by atoms with Crippen molar-refractivity contribution in [3.63, 3.8) is 0 Å². The number of furan rings is 2. The minimum absolute atomic E-state index is 0.0619. The molecule has 0 spiro atoms. The van der Waals surface area contributed by atoms with Crippen molar-refractivity contribution in [2.45, 2.75) is 6.61 Å². The number of H-pyrrole nitrogens is 1. The molecule has 7 aliphatic heterocycles. The molecule has 7 aliphatic rings. The number of fused-ring (bicyclic) bond motifs is 8. The number of aliphatic hydroxyl groups is 1. The summed E-state index contributed by atoms with van der Waals surface area (Å²) in [6.45, 7) is -0.168. The predicted molar refractivity (Wildman–Crippen MR) is 495 cm³/mol. The van der Waals surface area contributed by atoms with E-state index in [1.165, 1.54) is 18.7 Å². The molecule has 132 heavy (non-hydrogen) atoms. The van der Waals surface area contributed by atoms with Crippen LogP contribution in [-0.4, -0.2) is 73.6 Å². The van der Waals surface area contributed by atoms with E-state index in [0.29, 0.717) is 137 Å². The Morgan fingerprint density at radius 3 is 1.11 bits per heavy atom. The third kappa shape index (κ3) is 19.8. The van der Waals surface area contributed by atoms with Gasteiger partial charge >= 0.3 is 5.97 Å². The SMILES string of the molecule is COC(=O)c1ccc(/C=C2\Oc3ccccc3C2=O)cc1.O=C1/C(=C/c2ccc(-c3ccccc3)cc2)Oc2ccccc21.O=C1/C(=C/c2ccc(CO)o2)Oc2ccccc21.O=C1/C(=C/c2cccc3[nH]ccc23)Oc2ccccc21.O=C1/C(=C/c2ccccn2)Oc2ccccc21.O=C1/C(=C/c2ccco2)Oc2ccccc21.O=C1/C(=C/c2ccncc2)Oc2ccccc21. The van der Waals surface area contributed by atoms with Crippen molar-refractivity contribution >= 4 is 99.9 Å². The van der Waals surface area contributed by atoms with Crippen LogP contribution in [0.25, 0.3) is 64.6 Å². The molecule has 0 unspecified atom stereocenters. The van der Waals surface area contributed by atoms with Crippen LogP contribution in [0.15, 0.2) is 408 Å². The summed E-state index contributed by atoms with van der Waals surface area (Å²) in [6, 6.07) is 99.4. The number of ether oxygens (including phenoxy) is 8. The van der Waals surface area contributed by atoms with Crippen LogP contribution >= 0.6 is 0 Å². The average Bonchev–Trinajstić information content (AvgIpc) is 1.69. The Labute approximate surface area is 754 Å². The number of aromatic nitrogens is 3. The van der Waals surface area contributed by atoms with Crippen molar-refractivity contribution in [1.82, 2.24) is 15.0 Å². The topological polar surface area (TPSA) is 298 Å². The van der Waals surface area contributed by atoms with Crippen LogP contribution in [-0.2, 0) is 11.3 Å². The highest BCUT2D eigenvalue weighted by molar-refractivity contribution is 6.19. The van der Waals surface area contributed by atoms with Crippen LogP contribution in [0.5, 0.6) is 40.2 Å². The Hall–Kier alpha value is -18.3. The number of benzene rings is 11. The number of nitrogens with zero attached hydrogens (tertiary/aromatic N) is 2. The number of hydrogen-bond acceptors (Lipinski definition) is 21. The Balaban J connectivity index is 0.000000108. The van der Waals surface area contributed by atoms with Crippen molar-refractivity contribution in [2.75, 3.05) is 7.11 Å². The van der Waals surface area contributed by atoms with Gasteiger partial charge < -0.3 is 56.8 Å². The number of hydrogen-bond donors (Lipinski definition) is 2. The number of Topliss-reactive ketones (excluding diaryl/α,β-unsaturated/α-hetero) is 7. The summed E-state index contributed by atoms with van der Waals surface area (Å²) in [7, 11) is 1.33. The molecule has 642 valence electrons. The van der Waals surface area contributed by atoms with E-state index in [0.717, 1.165) is 38.7 Å². The molecule has 0 radical (unpaired) electrons. The van der Waals surface area contributed by atoms with Gasteiger partial charge in [-0.2, -0.15) is 0 Å². The van der Waals surface area contributed by atoms with Gasteiger partial charge in [0.2, 0.25) is 40.5 Å². The zero-order valence-corrected chi connectivity index (χ0v) is 70.0. The largest absolute Gasteiger partial charge is 0.465 e. The average molecular weight is 1740 g/mol. The normalized spacial score (nSPS) is 15.4. The molecule has 22 heteroatoms. The van der Waals surface area contributed by atoms with Gasteiger partial charge in [-0.1, -0.05) is 170 Å². The quantitative estimate of drug-likeness (QED) is 0.0949. The molecule has 0 amide bonds. The van der Waals surface area contributed by atoms with Crippen LogP contribution < -0.4 is 33.2 Å². The molecule has 2 N–H and O–H groups in total. The fraction of sp³-hybridized carbons (Fsp3) is 0.0182. The van der Waals surface area contributed by atoms with Crippen LogP contribution in [0, 0.1) is 0 Å². The first kappa shape index (κ1) is 85.9. The number of allylic oxidation sites excluding steroid dienone is 7. The van der Waals surface area contributed by atoms with Gasteiger partial charge in [-0.3, -0.25) is 43.5 Å². The maximum atomic E-state index is 12.3. The van der Waals surface area contributed by atoms with Crippen LogP contribution in [0.4, 0.5) is 0 Å². The van der Waals surface area contributed by atoms with Gasteiger partial charge in [0.25, 0.3) is 0 Å². The van der Waals surface area contributed by atoms with E-state index < -0.39 is 5.97 Å². The van der Waals surface area contributed by atoms with Gasteiger partial charge in [-0.25, -0.2) is 4.79 Å². The second kappa shape index (κ2) is 39.9. The number of aromatic amines is 1. The number of rotatable bonds is 10. The van der Waals surface area contributed by atoms with Gasteiger partial charge in [0, 0.05) is 53.9 Å². The molecule has 0 bridgehead atoms. The smallest absolute Gasteiger partial charge is 0.337 e. The second-order valence-corrected chi connectivity index (χ2v) is 29.5. The van der Waals surface area contributed by atoms with Crippen LogP contribution in [0.3, 0.4) is 0 Å². The third-order valence-corrected chi connectivity index (χ3v) is 20.8. The van der Waals surface area contributed by atoms with Gasteiger partial charge in [-0.15, -0.1) is 0 Å². The molecule has 5 aromatic heterocycles. The van der Waals surface area contributed by atoms with E-state index in [1.54, 1.807) is 195 Å². The highest BCUT2D eigenvalue weighted by Crippen LogP contribution is 2.39. The van der Waals surface area contributed by atoms with Gasteiger partial charge in [0.1, 0.15) is 64.1 Å². The van der Waals surface area contributed by atoms with Crippen molar-refractivity contribution in [3.8, 4) is 51.4 Å². The summed E-state index contributed by atoms with van der Waals surface area (Å²) in [4.78, 5) is 107. The fourth-order valence-electron chi connectivity index (χ4n) is 14.3. The summed E-state index contributed by atoms with van der Waals surface area (Å²) >= 11 is 0. The summed E-state index contributed by atoms with van der Waals surface area (Å²) in [6.07, 6.45) is 20.2. The molecule has 0 atom stereocenters. The number of esters is 1. The predicted octanol–water partition coefficient (Wildman–Crippen LogP) is 22.5. The first-order valence-electron chi connectivity index (χ1n) is 41.3. The van der Waals surface area contributed by atoms with Gasteiger partial charge in [0.05, 0.1) is 63.6 Å². The van der Waals surface area contributed by atoms with E-state index >= 15 is 0 Å². The summed E-state index contributed by atoms with van der Waals surface area (Å²) in [5, 5.41) is 9.97. The third-order valence-electron chi connectivity index (χ3n) is 20.8. The number of carbonyl (C=O) groups is 8. The molecule has 0 saturated heterocycles. The van der Waals surface area contributed by atoms with Crippen molar-refractivity contribution in [2.24, 2.45) is 0 Å². The second-order valence-electron chi connectivity index (χ2n) is 29.5. The summed E-state index contributed by atoms with van der Waals surface area (Å²) in [5.74, 6) is 6.92. The number of para-hydroxylation sites is 7. The van der Waals surface area contributed by atoms with E-state index in [4.69, 9.17) is 47.1 Å². The van der Waals surface area contributed by atoms with Gasteiger partial charge in [0.15, 0.2) is 40.3 Å². The Morgan fingerprint density at radius 1 is 0.333 bits per heavy atom. The summed E-state index contributed by atoms with van der Waals surface area (Å²) in [5.41, 5.74) is 12.3. The first-order chi connectivity index (χ1) is 64.6. The van der Waals surface area contributed by atoms with Crippen molar-refractivity contribution in [1.29, 1.82) is 0 Å². The fourth-order valence-corrected chi connectivity index (χ4v) is 14.3. The molecular weight excluding hydrogens is 1670 g/mol. The zero-order valence-electron chi connectivity index (χ0n) is 70.0. The number of ketones is 7. The lowest BCUT2D eigenvalue weighted by molar-refractivity contribution is 0.0599. The standard InChI is InChI=1S/C21H14O2.C17H11NO2.C17H12O4.2C14H9NO2.C14H10O4.C13H8O3/c22-21-18-8-4-5-9-19(18)23-20(21)14-15-10-12-17(13-11-15)16-6-2-1-3-7-16;19-17-13-5-1-2-7-15(13)20-16(17)10-11-4-3-6-14-12(11)8-9-18-14;1-20-17(19)12-8-6-11(7-9-12)10-15-16(18)13-4-2-3-5-14(13)21-15;16-14-11-6-1-2-7-12(11)17-13(14)9-10-5-3-4-8-15-10;16-14-11-3-1-2-4-12(11)17-13(14)9-10-5-7-15-8-6-10;15-8-10-6-5-9(17-10)7-13-14(16)11-3-1-2-4-12(11)18-13;14-13-10-5-1-2-6-11(10)16-12(13)8-9-4-3-7-15-9/h1-14H;1-10,18H;2-10H,1H3;2*1-9H;1-7,15H,8H2;1-8H/b20-14-;16-10-;15-10-;2*13-9-;13-7-;12-8-. The molecule has 0 saturated carbocycles. The molecule has 23 rings (SSSR count). The molecule has 11 aromatic carbocycles. The Morgan fingerprint density at radius 2 is 0.712 bits per heavy atom. The number of nitrogens with one attached hydrogen (secondary N) is 1. The maximum absolute atomic E-state index is 12.3. The highest BCUT2D eigenvalue weighted by atomic mass is 16.5. The monoisotopic (exact) mass is 1740 g/mol. The van der Waals surface area contributed by atoms with Crippen molar-refractivity contribution in [3.05, 3.63) is 489 Å². The Kier molecular flexibility index (Phi) is 26.0. The first-order valence-corrected chi connectivity index (χ1v) is 41.3. The number of pyridine rings is 2. The highest BCUT2D eigenvalue weighted by Gasteiger charge is 2.33. The lowest BCUT2D eigenvalue weighted by atomic mass is 10.0. The Bertz CT molecular complexity index is 7230. The molecule has 0 aliphatic carbocycles. The molecule has 22 nitrogen and oxygen atoms in total. The van der Waals surface area contributed by atoms with Crippen LogP contribution in [0.2, 0.25) is 0 Å². The lowest BCUT2D eigenvalue weighted by Gasteiger charge is -2.02. The number of carbonyl (C=O) groups excluding carboxylic acids is 8. The molecular formula is C110H73N3O19. The van der Waals surface area contributed by atoms with E-state index in [1.807, 2.05) is 188 Å². The number of methoxy groups -OCH3 is 1. The minimum atomic E-state index is -0.394. The number of aliphatic hydroxyl groups excluding tert-OH is 1. The van der Waals surface area contributed by atoms with E-state index in [9.17, 15) is 38.4 Å².